The number of rotatable bonds is 4. The minimum Gasteiger partial charge on any atom is -0.497 e. The molecule has 7 heteroatoms. The third kappa shape index (κ3) is 2.26. The lowest BCUT2D eigenvalue weighted by Crippen LogP contribution is -2.35. The Balaban J connectivity index is 3.47. The summed E-state index contributed by atoms with van der Waals surface area (Å²) in [5, 5.41) is 27.1. The molecular weight excluding hydrogens is 215 g/mol. The first-order valence-corrected chi connectivity index (χ1v) is 4.36. The van der Waals surface area contributed by atoms with Crippen molar-refractivity contribution in [3.63, 3.8) is 0 Å². The molecule has 0 saturated heterocycles. The highest BCUT2D eigenvalue weighted by molar-refractivity contribution is 6.60. The maximum atomic E-state index is 11.0. The number of carbonyl (C=O) groups is 1. The molecule has 0 bridgehead atoms. The van der Waals surface area contributed by atoms with Crippen LogP contribution in [-0.4, -0.2) is 42.5 Å². The van der Waals surface area contributed by atoms with Gasteiger partial charge in [0, 0.05) is 11.5 Å². The summed E-state index contributed by atoms with van der Waals surface area (Å²) in [5.74, 6) is -1.01. The van der Waals surface area contributed by atoms with E-state index in [1.807, 2.05) is 0 Å². The number of aromatic carboxylic acids is 1. The number of methoxy groups -OCH3 is 2. The molecule has 0 aliphatic carbocycles. The minimum atomic E-state index is -1.91. The van der Waals surface area contributed by atoms with Gasteiger partial charge in [0.15, 0.2) is 0 Å². The zero-order valence-electron chi connectivity index (χ0n) is 8.80. The highest BCUT2D eigenvalue weighted by atomic mass is 16.5. The lowest BCUT2D eigenvalue weighted by atomic mass is 9.76. The van der Waals surface area contributed by atoms with Crippen LogP contribution in [0.5, 0.6) is 11.5 Å². The number of carboxylic acid groups (broad SMARTS) is 1. The number of hydrogen-bond donors (Lipinski definition) is 3. The van der Waals surface area contributed by atoms with E-state index in [4.69, 9.17) is 24.6 Å². The third-order valence-corrected chi connectivity index (χ3v) is 2.05. The van der Waals surface area contributed by atoms with Gasteiger partial charge < -0.3 is 24.6 Å². The predicted molar refractivity (Wildman–Crippen MR) is 56.3 cm³/mol. The van der Waals surface area contributed by atoms with Crippen molar-refractivity contribution in [1.82, 2.24) is 0 Å². The van der Waals surface area contributed by atoms with Gasteiger partial charge in [-0.3, -0.25) is 0 Å². The molecule has 0 aliphatic rings. The second kappa shape index (κ2) is 4.87. The van der Waals surface area contributed by atoms with Crippen LogP contribution in [-0.2, 0) is 0 Å². The molecule has 0 aliphatic heterocycles. The Bertz CT molecular complexity index is 403. The Labute approximate surface area is 92.2 Å². The van der Waals surface area contributed by atoms with Crippen molar-refractivity contribution in [1.29, 1.82) is 0 Å². The van der Waals surface area contributed by atoms with Gasteiger partial charge in [-0.25, -0.2) is 4.79 Å². The standard InChI is InChI=1S/C9H11BO6/c1-15-5-3-6(10(13)14)8(9(11)12)7(4-5)16-2/h3-4,13-14H,1-2H3,(H,11,12). The molecule has 1 aromatic rings. The van der Waals surface area contributed by atoms with Crippen LogP contribution in [0.25, 0.3) is 0 Å². The Morgan fingerprint density at radius 2 is 1.88 bits per heavy atom. The molecule has 0 spiro atoms. The molecule has 0 radical (unpaired) electrons. The normalized spacial score (nSPS) is 9.75. The SMILES string of the molecule is COc1cc(OC)c(C(=O)O)c(B(O)O)c1. The van der Waals surface area contributed by atoms with Crippen molar-refractivity contribution in [2.24, 2.45) is 0 Å². The maximum Gasteiger partial charge on any atom is 0.489 e. The van der Waals surface area contributed by atoms with Crippen LogP contribution in [0.3, 0.4) is 0 Å². The van der Waals surface area contributed by atoms with Gasteiger partial charge in [0.1, 0.15) is 17.1 Å². The summed E-state index contributed by atoms with van der Waals surface area (Å²) in [5.41, 5.74) is -0.470. The van der Waals surface area contributed by atoms with E-state index in [1.54, 1.807) is 0 Å². The van der Waals surface area contributed by atoms with Crippen LogP contribution in [0.2, 0.25) is 0 Å². The van der Waals surface area contributed by atoms with Gasteiger partial charge in [-0.1, -0.05) is 0 Å². The zero-order chi connectivity index (χ0) is 12.3. The van der Waals surface area contributed by atoms with Crippen LogP contribution in [0.15, 0.2) is 12.1 Å². The Hall–Kier alpha value is -1.73. The van der Waals surface area contributed by atoms with E-state index in [0.717, 1.165) is 0 Å². The molecule has 0 atom stereocenters. The van der Waals surface area contributed by atoms with Crippen molar-refractivity contribution in [2.45, 2.75) is 0 Å². The lowest BCUT2D eigenvalue weighted by Gasteiger charge is -2.12. The van der Waals surface area contributed by atoms with Gasteiger partial charge in [-0.15, -0.1) is 0 Å². The van der Waals surface area contributed by atoms with E-state index in [-0.39, 0.29) is 22.5 Å². The first kappa shape index (κ1) is 12.3. The van der Waals surface area contributed by atoms with E-state index in [2.05, 4.69) is 0 Å². The molecule has 6 nitrogen and oxygen atoms in total. The molecule has 0 aromatic heterocycles. The molecule has 3 N–H and O–H groups in total. The quantitative estimate of drug-likeness (QED) is 0.574. The fourth-order valence-electron chi connectivity index (χ4n) is 1.32. The van der Waals surface area contributed by atoms with E-state index in [9.17, 15) is 4.79 Å². The monoisotopic (exact) mass is 226 g/mol. The Morgan fingerprint density at radius 1 is 1.25 bits per heavy atom. The van der Waals surface area contributed by atoms with E-state index in [0.29, 0.717) is 0 Å². The van der Waals surface area contributed by atoms with Crippen molar-refractivity contribution >= 4 is 18.6 Å². The summed E-state index contributed by atoms with van der Waals surface area (Å²) < 4.78 is 9.74. The second-order valence-corrected chi connectivity index (χ2v) is 2.97. The first-order valence-electron chi connectivity index (χ1n) is 4.36. The van der Waals surface area contributed by atoms with Crippen molar-refractivity contribution in [2.75, 3.05) is 14.2 Å². The molecule has 1 aromatic carbocycles. The third-order valence-electron chi connectivity index (χ3n) is 2.05. The Morgan fingerprint density at radius 3 is 2.25 bits per heavy atom. The van der Waals surface area contributed by atoms with Gasteiger partial charge in [0.25, 0.3) is 0 Å². The average Bonchev–Trinajstić information content (AvgIpc) is 2.26. The van der Waals surface area contributed by atoms with Gasteiger partial charge in [0.05, 0.1) is 14.2 Å². The summed E-state index contributed by atoms with van der Waals surface area (Å²) in [6.07, 6.45) is 0. The highest BCUT2D eigenvalue weighted by Gasteiger charge is 2.25. The summed E-state index contributed by atoms with van der Waals surface area (Å²) in [7, 11) is 0.757. The highest BCUT2D eigenvalue weighted by Crippen LogP contribution is 2.23. The van der Waals surface area contributed by atoms with Crippen LogP contribution >= 0.6 is 0 Å². The number of hydrogen-bond acceptors (Lipinski definition) is 5. The summed E-state index contributed by atoms with van der Waals surface area (Å²) in [4.78, 5) is 11.0. The number of carboxylic acids is 1. The van der Waals surface area contributed by atoms with Gasteiger partial charge in [-0.2, -0.15) is 0 Å². The molecule has 0 fully saturated rings. The van der Waals surface area contributed by atoms with Gasteiger partial charge >= 0.3 is 13.1 Å². The molecule has 0 unspecified atom stereocenters. The van der Waals surface area contributed by atoms with E-state index < -0.39 is 13.1 Å². The van der Waals surface area contributed by atoms with Crippen molar-refractivity contribution < 1.29 is 29.4 Å². The van der Waals surface area contributed by atoms with E-state index >= 15 is 0 Å². The predicted octanol–water partition coefficient (Wildman–Crippen LogP) is -0.918. The first-order chi connectivity index (χ1) is 7.51. The minimum absolute atomic E-state index is 0.00921. The topological polar surface area (TPSA) is 96.2 Å². The fraction of sp³-hybridized carbons (Fsp3) is 0.222. The number of ether oxygens (including phenoxy) is 2. The maximum absolute atomic E-state index is 11.0. The molecule has 1 rings (SSSR count). The van der Waals surface area contributed by atoms with E-state index in [1.165, 1.54) is 26.4 Å². The van der Waals surface area contributed by atoms with Crippen LogP contribution in [0.4, 0.5) is 0 Å². The zero-order valence-corrected chi connectivity index (χ0v) is 8.80. The fourth-order valence-corrected chi connectivity index (χ4v) is 1.32. The summed E-state index contributed by atoms with van der Waals surface area (Å²) in [6, 6.07) is 2.59. The van der Waals surface area contributed by atoms with Gasteiger partial charge in [-0.05, 0) is 6.07 Å². The van der Waals surface area contributed by atoms with Crippen molar-refractivity contribution in [3.8, 4) is 11.5 Å². The van der Waals surface area contributed by atoms with Crippen LogP contribution < -0.4 is 14.9 Å². The summed E-state index contributed by atoms with van der Waals surface area (Å²) in [6.45, 7) is 0. The number of benzene rings is 1. The largest absolute Gasteiger partial charge is 0.497 e. The summed E-state index contributed by atoms with van der Waals surface area (Å²) >= 11 is 0. The molecular formula is C9H11BO6. The van der Waals surface area contributed by atoms with Crippen LogP contribution in [0, 0.1) is 0 Å². The molecule has 16 heavy (non-hydrogen) atoms. The molecule has 0 saturated carbocycles. The van der Waals surface area contributed by atoms with Crippen molar-refractivity contribution in [3.05, 3.63) is 17.7 Å². The molecule has 0 heterocycles. The van der Waals surface area contributed by atoms with Crippen LogP contribution in [0.1, 0.15) is 10.4 Å². The van der Waals surface area contributed by atoms with Gasteiger partial charge in [0.2, 0.25) is 0 Å². The Kier molecular flexibility index (Phi) is 3.75. The second-order valence-electron chi connectivity index (χ2n) is 2.97. The molecule has 0 amide bonds. The molecule has 86 valence electrons. The smallest absolute Gasteiger partial charge is 0.489 e. The average molecular weight is 226 g/mol. The lowest BCUT2D eigenvalue weighted by molar-refractivity contribution is 0.0694.